The molecule has 0 aliphatic heterocycles. The molecule has 2 rings (SSSR count). The monoisotopic (exact) mass is 291 g/mol. The molecule has 0 radical (unpaired) electrons. The summed E-state index contributed by atoms with van der Waals surface area (Å²) in [6.45, 7) is 4.65. The van der Waals surface area contributed by atoms with Gasteiger partial charge in [-0.25, -0.2) is 4.39 Å². The molecule has 0 saturated carbocycles. The van der Waals surface area contributed by atoms with Gasteiger partial charge in [0, 0.05) is 10.6 Å². The van der Waals surface area contributed by atoms with Crippen LogP contribution in [-0.4, -0.2) is 12.4 Å². The Bertz CT molecular complexity index is 601. The van der Waals surface area contributed by atoms with Gasteiger partial charge in [0.1, 0.15) is 11.6 Å². The lowest BCUT2D eigenvalue weighted by Gasteiger charge is -2.10. The molecular formula is C16H18FNOS. The van der Waals surface area contributed by atoms with Crippen LogP contribution in [0.3, 0.4) is 0 Å². The van der Waals surface area contributed by atoms with Gasteiger partial charge in [0.05, 0.1) is 12.3 Å². The second-order valence-corrected chi connectivity index (χ2v) is 5.82. The summed E-state index contributed by atoms with van der Waals surface area (Å²) < 4.78 is 19.0. The second kappa shape index (κ2) is 6.66. The minimum absolute atomic E-state index is 0.181. The molecule has 0 aliphatic rings. The van der Waals surface area contributed by atoms with Crippen molar-refractivity contribution in [2.24, 2.45) is 0 Å². The van der Waals surface area contributed by atoms with Gasteiger partial charge in [-0.1, -0.05) is 12.1 Å². The van der Waals surface area contributed by atoms with Crippen molar-refractivity contribution in [3.05, 3.63) is 53.3 Å². The molecule has 0 atom stereocenters. The fraction of sp³-hybridized carbons (Fsp3) is 0.250. The Hall–Kier alpha value is -1.68. The van der Waals surface area contributed by atoms with Crippen molar-refractivity contribution < 1.29 is 9.13 Å². The van der Waals surface area contributed by atoms with E-state index in [9.17, 15) is 4.39 Å². The van der Waals surface area contributed by atoms with Gasteiger partial charge in [-0.15, -0.1) is 11.8 Å². The third-order valence-corrected chi connectivity index (χ3v) is 3.88. The molecule has 0 spiro atoms. The molecular weight excluding hydrogens is 273 g/mol. The fourth-order valence-corrected chi connectivity index (χ4v) is 2.53. The number of nitrogens with two attached hydrogens (primary N) is 1. The van der Waals surface area contributed by atoms with Crippen molar-refractivity contribution in [1.29, 1.82) is 0 Å². The SMILES string of the molecule is Cc1ccc(C)c(OCCSc2ccc(N)c(F)c2)c1. The Balaban J connectivity index is 1.84. The highest BCUT2D eigenvalue weighted by molar-refractivity contribution is 7.99. The van der Waals surface area contributed by atoms with Crippen molar-refractivity contribution in [2.75, 3.05) is 18.1 Å². The first-order valence-electron chi connectivity index (χ1n) is 6.44. The van der Waals surface area contributed by atoms with Gasteiger partial charge in [0.2, 0.25) is 0 Å². The van der Waals surface area contributed by atoms with E-state index in [4.69, 9.17) is 10.5 Å². The average Bonchev–Trinajstić information content (AvgIpc) is 2.42. The van der Waals surface area contributed by atoms with Crippen molar-refractivity contribution in [3.63, 3.8) is 0 Å². The largest absolute Gasteiger partial charge is 0.492 e. The molecule has 2 aromatic rings. The molecule has 0 amide bonds. The quantitative estimate of drug-likeness (QED) is 0.509. The van der Waals surface area contributed by atoms with Gasteiger partial charge in [0.25, 0.3) is 0 Å². The Morgan fingerprint density at radius 3 is 2.70 bits per heavy atom. The molecule has 106 valence electrons. The number of benzene rings is 2. The van der Waals surface area contributed by atoms with Crippen molar-refractivity contribution in [1.82, 2.24) is 0 Å². The van der Waals surface area contributed by atoms with Gasteiger partial charge in [-0.2, -0.15) is 0 Å². The zero-order chi connectivity index (χ0) is 14.5. The van der Waals surface area contributed by atoms with E-state index in [1.807, 2.05) is 32.0 Å². The van der Waals surface area contributed by atoms with Crippen LogP contribution >= 0.6 is 11.8 Å². The molecule has 20 heavy (non-hydrogen) atoms. The highest BCUT2D eigenvalue weighted by Gasteiger charge is 2.02. The van der Waals surface area contributed by atoms with Crippen LogP contribution in [-0.2, 0) is 0 Å². The first-order valence-corrected chi connectivity index (χ1v) is 7.42. The highest BCUT2D eigenvalue weighted by atomic mass is 32.2. The maximum atomic E-state index is 13.3. The van der Waals surface area contributed by atoms with E-state index in [2.05, 4.69) is 6.07 Å². The van der Waals surface area contributed by atoms with Crippen LogP contribution in [0, 0.1) is 19.7 Å². The Labute approximate surface area is 123 Å². The standard InChI is InChI=1S/C16H18FNOS/c1-11-3-4-12(2)16(9-11)19-7-8-20-13-5-6-15(18)14(17)10-13/h3-6,9-10H,7-8,18H2,1-2H3. The maximum Gasteiger partial charge on any atom is 0.147 e. The van der Waals surface area contributed by atoms with Crippen molar-refractivity contribution in [2.45, 2.75) is 18.7 Å². The first kappa shape index (κ1) is 14.7. The van der Waals surface area contributed by atoms with E-state index in [0.717, 1.165) is 22.0 Å². The highest BCUT2D eigenvalue weighted by Crippen LogP contribution is 2.23. The summed E-state index contributed by atoms with van der Waals surface area (Å²) in [6.07, 6.45) is 0. The molecule has 0 saturated heterocycles. The van der Waals surface area contributed by atoms with E-state index in [0.29, 0.717) is 6.61 Å². The van der Waals surface area contributed by atoms with Crippen LogP contribution in [0.15, 0.2) is 41.3 Å². The molecule has 0 fully saturated rings. The predicted molar refractivity (Wildman–Crippen MR) is 82.9 cm³/mol. The molecule has 0 bridgehead atoms. The van der Waals surface area contributed by atoms with Crippen LogP contribution < -0.4 is 10.5 Å². The number of hydrogen-bond donors (Lipinski definition) is 1. The molecule has 2 nitrogen and oxygen atoms in total. The van der Waals surface area contributed by atoms with Crippen LogP contribution in [0.1, 0.15) is 11.1 Å². The number of anilines is 1. The van der Waals surface area contributed by atoms with Crippen LogP contribution in [0.2, 0.25) is 0 Å². The summed E-state index contributed by atoms with van der Waals surface area (Å²) in [6, 6.07) is 11.0. The third kappa shape index (κ3) is 3.90. The normalized spacial score (nSPS) is 10.6. The minimum Gasteiger partial charge on any atom is -0.492 e. The van der Waals surface area contributed by atoms with Crippen LogP contribution in [0.25, 0.3) is 0 Å². The number of hydrogen-bond acceptors (Lipinski definition) is 3. The van der Waals surface area contributed by atoms with Crippen molar-refractivity contribution >= 4 is 17.4 Å². The molecule has 2 aromatic carbocycles. The summed E-state index contributed by atoms with van der Waals surface area (Å²) in [7, 11) is 0. The van der Waals surface area contributed by atoms with E-state index >= 15 is 0 Å². The average molecular weight is 291 g/mol. The number of ether oxygens (including phenoxy) is 1. The summed E-state index contributed by atoms with van der Waals surface area (Å²) >= 11 is 1.55. The number of halogens is 1. The number of thioether (sulfide) groups is 1. The molecule has 0 unspecified atom stereocenters. The summed E-state index contributed by atoms with van der Waals surface area (Å²) in [4.78, 5) is 0.862. The number of nitrogen functional groups attached to an aromatic ring is 1. The lowest BCUT2D eigenvalue weighted by atomic mass is 10.1. The second-order valence-electron chi connectivity index (χ2n) is 4.65. The Morgan fingerprint density at radius 1 is 1.15 bits per heavy atom. The summed E-state index contributed by atoms with van der Waals surface area (Å²) in [5, 5.41) is 0. The number of aryl methyl sites for hydroxylation is 2. The predicted octanol–water partition coefficient (Wildman–Crippen LogP) is 4.20. The Kier molecular flexibility index (Phi) is 4.90. The molecule has 4 heteroatoms. The molecule has 0 aromatic heterocycles. The van der Waals surface area contributed by atoms with Crippen molar-refractivity contribution in [3.8, 4) is 5.75 Å². The Morgan fingerprint density at radius 2 is 1.95 bits per heavy atom. The van der Waals surface area contributed by atoms with E-state index in [1.165, 1.54) is 11.6 Å². The molecule has 0 heterocycles. The van der Waals surface area contributed by atoms with Crippen LogP contribution in [0.4, 0.5) is 10.1 Å². The zero-order valence-electron chi connectivity index (χ0n) is 11.7. The number of rotatable bonds is 5. The maximum absolute atomic E-state index is 13.3. The van der Waals surface area contributed by atoms with Gasteiger partial charge in [0.15, 0.2) is 0 Å². The van der Waals surface area contributed by atoms with E-state index < -0.39 is 0 Å². The van der Waals surface area contributed by atoms with Gasteiger partial charge in [-0.05, 0) is 49.2 Å². The summed E-state index contributed by atoms with van der Waals surface area (Å²) in [5.41, 5.74) is 7.93. The first-order chi connectivity index (χ1) is 9.56. The third-order valence-electron chi connectivity index (χ3n) is 2.93. The van der Waals surface area contributed by atoms with Gasteiger partial charge in [-0.3, -0.25) is 0 Å². The van der Waals surface area contributed by atoms with Gasteiger partial charge >= 0.3 is 0 Å². The van der Waals surface area contributed by atoms with E-state index in [1.54, 1.807) is 17.8 Å². The van der Waals surface area contributed by atoms with Gasteiger partial charge < -0.3 is 10.5 Å². The lowest BCUT2D eigenvalue weighted by molar-refractivity contribution is 0.341. The minimum atomic E-state index is -0.370. The van der Waals surface area contributed by atoms with Crippen LogP contribution in [0.5, 0.6) is 5.75 Å². The molecule has 2 N–H and O–H groups in total. The van der Waals surface area contributed by atoms with E-state index in [-0.39, 0.29) is 11.5 Å². The summed E-state index contributed by atoms with van der Waals surface area (Å²) in [5.74, 6) is 1.30. The zero-order valence-corrected chi connectivity index (χ0v) is 12.5. The lowest BCUT2D eigenvalue weighted by Crippen LogP contribution is -2.01. The fourth-order valence-electron chi connectivity index (χ4n) is 1.77. The molecule has 0 aliphatic carbocycles. The smallest absolute Gasteiger partial charge is 0.147 e. The topological polar surface area (TPSA) is 35.2 Å².